The first-order valence-corrected chi connectivity index (χ1v) is 9.52. The second-order valence-corrected chi connectivity index (χ2v) is 7.42. The van der Waals surface area contributed by atoms with Gasteiger partial charge in [0.1, 0.15) is 18.0 Å². The third-order valence-electron chi connectivity index (χ3n) is 4.71. The predicted molar refractivity (Wildman–Crippen MR) is 102 cm³/mol. The number of hydrogen-bond donors (Lipinski definition) is 2. The van der Waals surface area contributed by atoms with Crippen molar-refractivity contribution in [3.8, 4) is 11.5 Å². The number of aromatic nitrogens is 2. The SMILES string of the molecule is OCC1CCCN(c2cc(NCc3cc(Br)c4c(c3)OCO4)ncn2)C1. The molecule has 0 bridgehead atoms. The molecular formula is C18H21BrN4O3. The van der Waals surface area contributed by atoms with Gasteiger partial charge in [-0.25, -0.2) is 9.97 Å². The van der Waals surface area contributed by atoms with Gasteiger partial charge in [-0.2, -0.15) is 0 Å². The van der Waals surface area contributed by atoms with Crippen LogP contribution < -0.4 is 19.7 Å². The van der Waals surface area contributed by atoms with Crippen LogP contribution in [0.25, 0.3) is 0 Å². The Kier molecular flexibility index (Phi) is 5.12. The normalized spacial score (nSPS) is 18.8. The molecular weight excluding hydrogens is 400 g/mol. The van der Waals surface area contributed by atoms with Gasteiger partial charge < -0.3 is 24.8 Å². The maximum absolute atomic E-state index is 9.41. The third-order valence-corrected chi connectivity index (χ3v) is 5.30. The first kappa shape index (κ1) is 17.4. The summed E-state index contributed by atoms with van der Waals surface area (Å²) < 4.78 is 11.8. The van der Waals surface area contributed by atoms with Gasteiger partial charge in [0.15, 0.2) is 11.5 Å². The molecule has 1 aromatic carbocycles. The minimum atomic E-state index is 0.228. The van der Waals surface area contributed by atoms with Crippen molar-refractivity contribution in [2.24, 2.45) is 5.92 Å². The summed E-state index contributed by atoms with van der Waals surface area (Å²) in [6.45, 7) is 2.89. The molecule has 2 aromatic rings. The van der Waals surface area contributed by atoms with Gasteiger partial charge in [0.2, 0.25) is 6.79 Å². The lowest BCUT2D eigenvalue weighted by Gasteiger charge is -2.32. The van der Waals surface area contributed by atoms with Gasteiger partial charge in [0.05, 0.1) is 4.47 Å². The van der Waals surface area contributed by atoms with Crippen LogP contribution in [0, 0.1) is 5.92 Å². The van der Waals surface area contributed by atoms with E-state index < -0.39 is 0 Å². The van der Waals surface area contributed by atoms with Crippen LogP contribution in [0.3, 0.4) is 0 Å². The Labute approximate surface area is 160 Å². The number of nitrogens with zero attached hydrogens (tertiary/aromatic N) is 3. The highest BCUT2D eigenvalue weighted by Gasteiger charge is 2.21. The van der Waals surface area contributed by atoms with E-state index in [1.165, 1.54) is 0 Å². The van der Waals surface area contributed by atoms with Crippen molar-refractivity contribution >= 4 is 27.6 Å². The number of hydrogen-bond acceptors (Lipinski definition) is 7. The van der Waals surface area contributed by atoms with E-state index in [0.717, 1.165) is 59.1 Å². The predicted octanol–water partition coefficient (Wildman–Crippen LogP) is 2.79. The molecule has 1 saturated heterocycles. The molecule has 0 amide bonds. The van der Waals surface area contributed by atoms with Crippen molar-refractivity contribution in [1.82, 2.24) is 9.97 Å². The summed E-state index contributed by atoms with van der Waals surface area (Å²) in [7, 11) is 0. The number of piperidine rings is 1. The molecule has 0 saturated carbocycles. The molecule has 0 radical (unpaired) electrons. The molecule has 1 fully saturated rings. The standard InChI is InChI=1S/C18H21BrN4O3/c19-14-4-13(5-15-18(14)26-11-25-15)7-20-16-6-17(22-10-21-16)23-3-1-2-12(8-23)9-24/h4-6,10,12,24H,1-3,7-9,11H2,(H,20,21,22). The second-order valence-electron chi connectivity index (χ2n) is 6.56. The van der Waals surface area contributed by atoms with Crippen molar-refractivity contribution in [2.75, 3.05) is 36.7 Å². The van der Waals surface area contributed by atoms with Gasteiger partial charge in [0, 0.05) is 32.3 Å². The van der Waals surface area contributed by atoms with Crippen LogP contribution in [-0.4, -0.2) is 41.6 Å². The smallest absolute Gasteiger partial charge is 0.231 e. The van der Waals surface area contributed by atoms with Crippen LogP contribution in [0.1, 0.15) is 18.4 Å². The summed E-state index contributed by atoms with van der Waals surface area (Å²) in [5.74, 6) is 3.49. The molecule has 138 valence electrons. The zero-order chi connectivity index (χ0) is 17.9. The van der Waals surface area contributed by atoms with E-state index in [1.54, 1.807) is 6.33 Å². The number of benzene rings is 1. The first-order chi connectivity index (χ1) is 12.7. The van der Waals surface area contributed by atoms with Crippen LogP contribution in [0.15, 0.2) is 29.0 Å². The van der Waals surface area contributed by atoms with E-state index in [9.17, 15) is 5.11 Å². The van der Waals surface area contributed by atoms with Crippen LogP contribution in [0.4, 0.5) is 11.6 Å². The Morgan fingerprint density at radius 1 is 1.27 bits per heavy atom. The fourth-order valence-corrected chi connectivity index (χ4v) is 3.96. The van der Waals surface area contributed by atoms with Gasteiger partial charge in [-0.3, -0.25) is 0 Å². The molecule has 26 heavy (non-hydrogen) atoms. The van der Waals surface area contributed by atoms with E-state index in [-0.39, 0.29) is 13.4 Å². The van der Waals surface area contributed by atoms with E-state index in [0.29, 0.717) is 12.5 Å². The Hall–Kier alpha value is -2.06. The molecule has 0 aliphatic carbocycles. The Morgan fingerprint density at radius 2 is 2.19 bits per heavy atom. The highest BCUT2D eigenvalue weighted by atomic mass is 79.9. The van der Waals surface area contributed by atoms with Gasteiger partial charge in [-0.05, 0) is 52.4 Å². The molecule has 2 aliphatic heterocycles. The van der Waals surface area contributed by atoms with E-state index >= 15 is 0 Å². The Morgan fingerprint density at radius 3 is 3.08 bits per heavy atom. The lowest BCUT2D eigenvalue weighted by atomic mass is 9.99. The summed E-state index contributed by atoms with van der Waals surface area (Å²) in [5, 5.41) is 12.8. The number of nitrogens with one attached hydrogen (secondary N) is 1. The summed E-state index contributed by atoms with van der Waals surface area (Å²) in [4.78, 5) is 10.9. The van der Waals surface area contributed by atoms with E-state index in [1.807, 2.05) is 18.2 Å². The topological polar surface area (TPSA) is 79.7 Å². The zero-order valence-electron chi connectivity index (χ0n) is 14.3. The molecule has 8 heteroatoms. The third kappa shape index (κ3) is 3.71. The number of ether oxygens (including phenoxy) is 2. The van der Waals surface area contributed by atoms with Crippen LogP contribution in [0.2, 0.25) is 0 Å². The molecule has 1 aromatic heterocycles. The van der Waals surface area contributed by atoms with E-state index in [2.05, 4.69) is 36.1 Å². The van der Waals surface area contributed by atoms with Crippen molar-refractivity contribution < 1.29 is 14.6 Å². The molecule has 1 atom stereocenters. The lowest BCUT2D eigenvalue weighted by molar-refractivity contribution is 0.173. The molecule has 2 N–H and O–H groups in total. The largest absolute Gasteiger partial charge is 0.454 e. The Balaban J connectivity index is 1.44. The van der Waals surface area contributed by atoms with Gasteiger partial charge in [-0.15, -0.1) is 0 Å². The van der Waals surface area contributed by atoms with Gasteiger partial charge in [0.25, 0.3) is 0 Å². The van der Waals surface area contributed by atoms with Crippen molar-refractivity contribution in [3.63, 3.8) is 0 Å². The zero-order valence-corrected chi connectivity index (χ0v) is 15.9. The number of aliphatic hydroxyl groups is 1. The highest BCUT2D eigenvalue weighted by Crippen LogP contribution is 2.40. The molecule has 1 unspecified atom stereocenters. The number of anilines is 2. The summed E-state index contributed by atoms with van der Waals surface area (Å²) in [6, 6.07) is 5.94. The van der Waals surface area contributed by atoms with Gasteiger partial charge >= 0.3 is 0 Å². The van der Waals surface area contributed by atoms with Crippen LogP contribution in [0.5, 0.6) is 11.5 Å². The fourth-order valence-electron chi connectivity index (χ4n) is 3.35. The van der Waals surface area contributed by atoms with Crippen molar-refractivity contribution in [2.45, 2.75) is 19.4 Å². The van der Waals surface area contributed by atoms with Crippen LogP contribution >= 0.6 is 15.9 Å². The van der Waals surface area contributed by atoms with Crippen LogP contribution in [-0.2, 0) is 6.54 Å². The lowest BCUT2D eigenvalue weighted by Crippen LogP contribution is -2.37. The summed E-state index contributed by atoms with van der Waals surface area (Å²) >= 11 is 3.51. The Bertz CT molecular complexity index is 789. The second kappa shape index (κ2) is 7.67. The first-order valence-electron chi connectivity index (χ1n) is 8.72. The van der Waals surface area contributed by atoms with Crippen molar-refractivity contribution in [3.05, 3.63) is 34.6 Å². The quantitative estimate of drug-likeness (QED) is 0.769. The monoisotopic (exact) mass is 420 g/mol. The molecule has 0 spiro atoms. The number of rotatable bonds is 5. The molecule has 3 heterocycles. The van der Waals surface area contributed by atoms with Gasteiger partial charge in [-0.1, -0.05) is 0 Å². The number of halogens is 1. The summed E-state index contributed by atoms with van der Waals surface area (Å²) in [5.41, 5.74) is 1.07. The summed E-state index contributed by atoms with van der Waals surface area (Å²) in [6.07, 6.45) is 3.72. The maximum atomic E-state index is 9.41. The highest BCUT2D eigenvalue weighted by molar-refractivity contribution is 9.10. The average Bonchev–Trinajstić information content (AvgIpc) is 3.16. The molecule has 2 aliphatic rings. The minimum absolute atomic E-state index is 0.228. The number of fused-ring (bicyclic) bond motifs is 1. The van der Waals surface area contributed by atoms with Crippen molar-refractivity contribution in [1.29, 1.82) is 0 Å². The number of aliphatic hydroxyl groups excluding tert-OH is 1. The average molecular weight is 421 g/mol. The van der Waals surface area contributed by atoms with E-state index in [4.69, 9.17) is 9.47 Å². The fraction of sp³-hybridized carbons (Fsp3) is 0.444. The maximum Gasteiger partial charge on any atom is 0.231 e. The molecule has 4 rings (SSSR count). The molecule has 7 nitrogen and oxygen atoms in total. The minimum Gasteiger partial charge on any atom is -0.454 e.